The number of nitrogens with one attached hydrogen (secondary N) is 1. The number of hydrogen-bond acceptors (Lipinski definition) is 6. The molecule has 0 aromatic rings. The fourth-order valence-electron chi connectivity index (χ4n) is 1.50. The molecule has 1 unspecified atom stereocenters. The molecule has 1 aliphatic heterocycles. The number of hydrogen-bond donors (Lipinski definition) is 1. The van der Waals surface area contributed by atoms with Crippen molar-refractivity contribution in [1.82, 2.24) is 4.72 Å². The minimum atomic E-state index is -3.77. The molecule has 0 aromatic carbocycles. The van der Waals surface area contributed by atoms with Crippen LogP contribution in [-0.4, -0.2) is 52.7 Å². The van der Waals surface area contributed by atoms with Crippen LogP contribution >= 0.6 is 0 Å². The molecule has 100 valence electrons. The highest BCUT2D eigenvalue weighted by molar-refractivity contribution is 7.95. The van der Waals surface area contributed by atoms with E-state index < -0.39 is 37.6 Å². The van der Waals surface area contributed by atoms with Crippen molar-refractivity contribution >= 4 is 25.8 Å². The smallest absolute Gasteiger partial charge is 0.320 e. The van der Waals surface area contributed by atoms with Crippen molar-refractivity contribution in [3.05, 3.63) is 0 Å². The molecule has 0 spiro atoms. The molecule has 9 heteroatoms. The lowest BCUT2D eigenvalue weighted by molar-refractivity contribution is -0.141. The Morgan fingerprint density at radius 3 is 2.59 bits per heavy atom. The van der Waals surface area contributed by atoms with E-state index in [1.165, 1.54) is 0 Å². The van der Waals surface area contributed by atoms with E-state index in [4.69, 9.17) is 0 Å². The number of sulfonamides is 1. The van der Waals surface area contributed by atoms with Crippen molar-refractivity contribution in [3.8, 4) is 0 Å². The van der Waals surface area contributed by atoms with Crippen molar-refractivity contribution in [2.24, 2.45) is 0 Å². The SMILES string of the molecule is CCOC(=O)CNS(=O)(=O)C1CCS(=O)(=O)C1. The van der Waals surface area contributed by atoms with Gasteiger partial charge in [0, 0.05) is 0 Å². The molecule has 0 saturated carbocycles. The van der Waals surface area contributed by atoms with Gasteiger partial charge < -0.3 is 4.74 Å². The van der Waals surface area contributed by atoms with Crippen molar-refractivity contribution in [1.29, 1.82) is 0 Å². The predicted octanol–water partition coefficient (Wildman–Crippen LogP) is -1.34. The summed E-state index contributed by atoms with van der Waals surface area (Å²) in [5.74, 6) is -1.19. The first-order chi connectivity index (χ1) is 7.77. The van der Waals surface area contributed by atoms with Crippen molar-refractivity contribution in [2.45, 2.75) is 18.6 Å². The number of sulfone groups is 1. The summed E-state index contributed by atoms with van der Waals surface area (Å²) < 4.78 is 52.2. The van der Waals surface area contributed by atoms with E-state index >= 15 is 0 Å². The van der Waals surface area contributed by atoms with Gasteiger partial charge in [0.15, 0.2) is 9.84 Å². The van der Waals surface area contributed by atoms with Crippen LogP contribution in [0, 0.1) is 0 Å². The van der Waals surface area contributed by atoms with Gasteiger partial charge in [0.2, 0.25) is 10.0 Å². The maximum absolute atomic E-state index is 11.6. The normalized spacial score (nSPS) is 23.5. The van der Waals surface area contributed by atoms with Gasteiger partial charge in [0.05, 0.1) is 23.4 Å². The minimum absolute atomic E-state index is 0.0699. The zero-order valence-electron chi connectivity index (χ0n) is 9.38. The number of rotatable bonds is 5. The summed E-state index contributed by atoms with van der Waals surface area (Å²) in [6.45, 7) is 1.31. The monoisotopic (exact) mass is 285 g/mol. The molecule has 7 nitrogen and oxygen atoms in total. The van der Waals surface area contributed by atoms with Crippen LogP contribution in [0.3, 0.4) is 0 Å². The van der Waals surface area contributed by atoms with Gasteiger partial charge in [-0.3, -0.25) is 4.79 Å². The Morgan fingerprint density at radius 2 is 2.12 bits per heavy atom. The Kier molecular flexibility index (Phi) is 4.50. The van der Waals surface area contributed by atoms with E-state index in [9.17, 15) is 21.6 Å². The molecule has 1 fully saturated rings. The molecular formula is C8H15NO6S2. The number of carbonyl (C=O) groups excluding carboxylic acids is 1. The van der Waals surface area contributed by atoms with Gasteiger partial charge in [-0.1, -0.05) is 0 Å². The molecule has 0 aliphatic carbocycles. The standard InChI is InChI=1S/C8H15NO6S2/c1-2-15-8(10)5-9-17(13,14)7-3-4-16(11,12)6-7/h7,9H,2-6H2,1H3. The zero-order chi connectivity index (χ0) is 13.1. The predicted molar refractivity (Wildman–Crippen MR) is 60.6 cm³/mol. The molecule has 0 bridgehead atoms. The van der Waals surface area contributed by atoms with Crippen LogP contribution in [0.4, 0.5) is 0 Å². The van der Waals surface area contributed by atoms with Crippen LogP contribution in [0.5, 0.6) is 0 Å². The maximum atomic E-state index is 11.6. The van der Waals surface area contributed by atoms with Gasteiger partial charge in [-0.25, -0.2) is 21.6 Å². The molecule has 1 heterocycles. The number of ether oxygens (including phenoxy) is 1. The number of esters is 1. The summed E-state index contributed by atoms with van der Waals surface area (Å²) in [6, 6.07) is 0. The first kappa shape index (κ1) is 14.4. The second-order valence-electron chi connectivity index (χ2n) is 3.70. The average molecular weight is 285 g/mol. The Hall–Kier alpha value is -0.670. The first-order valence-electron chi connectivity index (χ1n) is 5.11. The van der Waals surface area contributed by atoms with Gasteiger partial charge in [-0.05, 0) is 13.3 Å². The van der Waals surface area contributed by atoms with Crippen LogP contribution in [-0.2, 0) is 29.4 Å². The van der Waals surface area contributed by atoms with Gasteiger partial charge in [-0.2, -0.15) is 0 Å². The zero-order valence-corrected chi connectivity index (χ0v) is 11.0. The topological polar surface area (TPSA) is 107 Å². The van der Waals surface area contributed by atoms with E-state index in [0.29, 0.717) is 0 Å². The molecule has 0 amide bonds. The highest BCUT2D eigenvalue weighted by Gasteiger charge is 2.37. The Balaban J connectivity index is 2.56. The fraction of sp³-hybridized carbons (Fsp3) is 0.875. The lowest BCUT2D eigenvalue weighted by atomic mass is 10.4. The van der Waals surface area contributed by atoms with Crippen molar-refractivity contribution in [3.63, 3.8) is 0 Å². The van der Waals surface area contributed by atoms with E-state index in [2.05, 4.69) is 9.46 Å². The molecule has 0 aromatic heterocycles. The third kappa shape index (κ3) is 4.25. The van der Waals surface area contributed by atoms with Crippen LogP contribution in [0.25, 0.3) is 0 Å². The summed E-state index contributed by atoms with van der Waals surface area (Å²) in [6.07, 6.45) is 0.0699. The summed E-state index contributed by atoms with van der Waals surface area (Å²) in [5, 5.41) is -0.970. The Bertz CT molecular complexity index is 480. The van der Waals surface area contributed by atoms with Crippen molar-refractivity contribution < 1.29 is 26.4 Å². The van der Waals surface area contributed by atoms with Crippen molar-refractivity contribution in [2.75, 3.05) is 24.7 Å². The first-order valence-corrected chi connectivity index (χ1v) is 8.48. The molecule has 0 radical (unpaired) electrons. The summed E-state index contributed by atoms with van der Waals surface area (Å²) in [4.78, 5) is 11.0. The minimum Gasteiger partial charge on any atom is -0.465 e. The lowest BCUT2D eigenvalue weighted by Gasteiger charge is -2.10. The van der Waals surface area contributed by atoms with Gasteiger partial charge in [-0.15, -0.1) is 0 Å². The number of carbonyl (C=O) groups is 1. The van der Waals surface area contributed by atoms with Gasteiger partial charge in [0.1, 0.15) is 6.54 Å². The molecule has 1 saturated heterocycles. The van der Waals surface area contributed by atoms with Crippen LogP contribution in [0.1, 0.15) is 13.3 Å². The highest BCUT2D eigenvalue weighted by atomic mass is 32.2. The van der Waals surface area contributed by atoms with Crippen LogP contribution in [0.2, 0.25) is 0 Å². The molecular weight excluding hydrogens is 270 g/mol. The maximum Gasteiger partial charge on any atom is 0.320 e. The molecule has 1 atom stereocenters. The van der Waals surface area contributed by atoms with E-state index in [-0.39, 0.29) is 24.5 Å². The highest BCUT2D eigenvalue weighted by Crippen LogP contribution is 2.17. The van der Waals surface area contributed by atoms with Gasteiger partial charge >= 0.3 is 5.97 Å². The molecule has 17 heavy (non-hydrogen) atoms. The lowest BCUT2D eigenvalue weighted by Crippen LogP contribution is -2.38. The van der Waals surface area contributed by atoms with Crippen LogP contribution in [0.15, 0.2) is 0 Å². The van der Waals surface area contributed by atoms with E-state index in [1.54, 1.807) is 6.92 Å². The molecule has 1 rings (SSSR count). The van der Waals surface area contributed by atoms with E-state index in [1.807, 2.05) is 0 Å². The quantitative estimate of drug-likeness (QED) is 0.626. The van der Waals surface area contributed by atoms with Crippen LogP contribution < -0.4 is 4.72 Å². The molecule has 1 N–H and O–H groups in total. The Morgan fingerprint density at radius 1 is 1.47 bits per heavy atom. The third-order valence-corrected chi connectivity index (χ3v) is 6.16. The van der Waals surface area contributed by atoms with E-state index in [0.717, 1.165) is 0 Å². The second kappa shape index (κ2) is 5.32. The fourth-order valence-corrected chi connectivity index (χ4v) is 5.51. The summed E-state index contributed by atoms with van der Waals surface area (Å²) in [5.41, 5.74) is 0. The Labute approximate surface area is 100 Å². The summed E-state index contributed by atoms with van der Waals surface area (Å²) >= 11 is 0. The largest absolute Gasteiger partial charge is 0.465 e. The molecule has 1 aliphatic rings. The average Bonchev–Trinajstić information content (AvgIpc) is 2.57. The summed E-state index contributed by atoms with van der Waals surface area (Å²) in [7, 11) is -7.04. The second-order valence-corrected chi connectivity index (χ2v) is 7.97. The van der Waals surface area contributed by atoms with Gasteiger partial charge in [0.25, 0.3) is 0 Å². The third-order valence-electron chi connectivity index (χ3n) is 2.35.